The molecular weight excluding hydrogens is 617 g/mol. The molecule has 0 aliphatic rings. The van der Waals surface area contributed by atoms with E-state index < -0.39 is 0 Å². The lowest BCUT2D eigenvalue weighted by Crippen LogP contribution is -2.27. The summed E-state index contributed by atoms with van der Waals surface area (Å²) in [5, 5.41) is 0. The second kappa shape index (κ2) is 39.1. The molecule has 0 fully saturated rings. The fourth-order valence-corrected chi connectivity index (χ4v) is 7.19. The van der Waals surface area contributed by atoms with E-state index in [1.807, 2.05) is 11.9 Å². The number of carbonyl (C=O) groups excluding carboxylic acids is 2. The quantitative estimate of drug-likeness (QED) is 0.0470. The van der Waals surface area contributed by atoms with Gasteiger partial charge in [0, 0.05) is 26.4 Å². The Kier molecular flexibility index (Phi) is 38.3. The Labute approximate surface area is 314 Å². The van der Waals surface area contributed by atoms with Crippen molar-refractivity contribution < 1.29 is 14.3 Å². The third-order valence-electron chi connectivity index (χ3n) is 10.6. The molecule has 0 saturated heterocycles. The lowest BCUT2D eigenvalue weighted by Gasteiger charge is -2.21. The van der Waals surface area contributed by atoms with E-state index in [1.165, 1.54) is 180 Å². The van der Waals surface area contributed by atoms with E-state index in [1.54, 1.807) is 0 Å². The monoisotopic (exact) mass is 707 g/mol. The molecular formula is C45H90N2O3. The summed E-state index contributed by atoms with van der Waals surface area (Å²) in [7, 11) is 1.98. The Balaban J connectivity index is 4.01. The van der Waals surface area contributed by atoms with E-state index in [-0.39, 0.29) is 12.1 Å². The highest BCUT2D eigenvalue weighted by Gasteiger charge is 2.14. The standard InChI is InChI=1S/C45H90N2O3/c1-6-10-13-16-21-28-35-43(36-29-22-17-14-11-7-2)50-45(49)38-31-24-20-27-34-42-47(39-9-4)41-33-26-19-23-30-37-44(48)46(5)40-32-25-18-15-12-8-3/h43H,6-42H2,1-5H3. The van der Waals surface area contributed by atoms with E-state index in [2.05, 4.69) is 32.6 Å². The Morgan fingerprint density at radius 1 is 0.420 bits per heavy atom. The lowest BCUT2D eigenvalue weighted by molar-refractivity contribution is -0.150. The summed E-state index contributed by atoms with van der Waals surface area (Å²) < 4.78 is 6.04. The Hall–Kier alpha value is -1.10. The SMILES string of the molecule is CCCCCCCCC(CCCCCCCC)OC(=O)CCCCCCCN(CCC)CCCCCCCC(=O)N(C)CCCCCCCC. The molecule has 0 N–H and O–H groups in total. The van der Waals surface area contributed by atoms with Crippen molar-refractivity contribution in [3.8, 4) is 0 Å². The van der Waals surface area contributed by atoms with Crippen molar-refractivity contribution in [2.75, 3.05) is 33.2 Å². The van der Waals surface area contributed by atoms with Gasteiger partial charge in [-0.25, -0.2) is 0 Å². The van der Waals surface area contributed by atoms with E-state index >= 15 is 0 Å². The van der Waals surface area contributed by atoms with Gasteiger partial charge in [-0.1, -0.05) is 163 Å². The zero-order chi connectivity index (χ0) is 36.8. The number of carbonyl (C=O) groups is 2. The molecule has 0 aliphatic carbocycles. The van der Waals surface area contributed by atoms with Gasteiger partial charge in [-0.2, -0.15) is 0 Å². The van der Waals surface area contributed by atoms with Gasteiger partial charge in [0.25, 0.3) is 0 Å². The highest BCUT2D eigenvalue weighted by atomic mass is 16.5. The van der Waals surface area contributed by atoms with Gasteiger partial charge in [-0.3, -0.25) is 9.59 Å². The molecule has 0 aromatic carbocycles. The van der Waals surface area contributed by atoms with Gasteiger partial charge < -0.3 is 14.5 Å². The van der Waals surface area contributed by atoms with Crippen molar-refractivity contribution in [2.45, 2.75) is 246 Å². The van der Waals surface area contributed by atoms with Crippen LogP contribution in [0.15, 0.2) is 0 Å². The van der Waals surface area contributed by atoms with E-state index in [4.69, 9.17) is 4.74 Å². The molecule has 0 saturated carbocycles. The van der Waals surface area contributed by atoms with Crippen LogP contribution in [-0.2, 0) is 14.3 Å². The molecule has 1 amide bonds. The smallest absolute Gasteiger partial charge is 0.306 e. The summed E-state index contributed by atoms with van der Waals surface area (Å²) in [6, 6.07) is 0. The summed E-state index contributed by atoms with van der Waals surface area (Å²) in [4.78, 5) is 29.8. The summed E-state index contributed by atoms with van der Waals surface area (Å²) >= 11 is 0. The van der Waals surface area contributed by atoms with Crippen LogP contribution < -0.4 is 0 Å². The van der Waals surface area contributed by atoms with Crippen LogP contribution in [0.4, 0.5) is 0 Å². The molecule has 5 nitrogen and oxygen atoms in total. The average molecular weight is 707 g/mol. The minimum Gasteiger partial charge on any atom is -0.462 e. The van der Waals surface area contributed by atoms with Gasteiger partial charge in [0.1, 0.15) is 6.10 Å². The fraction of sp³-hybridized carbons (Fsp3) is 0.956. The normalized spacial score (nSPS) is 11.6. The molecule has 0 rings (SSSR count). The van der Waals surface area contributed by atoms with Crippen LogP contribution in [0.1, 0.15) is 240 Å². The third kappa shape index (κ3) is 34.0. The first-order chi connectivity index (χ1) is 24.5. The molecule has 0 aliphatic heterocycles. The van der Waals surface area contributed by atoms with Gasteiger partial charge in [0.15, 0.2) is 0 Å². The van der Waals surface area contributed by atoms with Crippen LogP contribution in [0.2, 0.25) is 0 Å². The first-order valence-corrected chi connectivity index (χ1v) is 22.6. The fourth-order valence-electron chi connectivity index (χ4n) is 7.19. The molecule has 0 atom stereocenters. The van der Waals surface area contributed by atoms with Crippen LogP contribution in [0.3, 0.4) is 0 Å². The summed E-state index contributed by atoms with van der Waals surface area (Å²) in [6.07, 6.45) is 39.9. The maximum Gasteiger partial charge on any atom is 0.306 e. The molecule has 0 heterocycles. The van der Waals surface area contributed by atoms with Gasteiger partial charge in [-0.15, -0.1) is 0 Å². The van der Waals surface area contributed by atoms with E-state index in [0.717, 1.165) is 45.1 Å². The number of rotatable bonds is 40. The Morgan fingerprint density at radius 2 is 0.800 bits per heavy atom. The minimum absolute atomic E-state index is 0.0449. The van der Waals surface area contributed by atoms with Crippen LogP contribution in [0.25, 0.3) is 0 Å². The number of hydrogen-bond donors (Lipinski definition) is 0. The second-order valence-corrected chi connectivity index (χ2v) is 15.7. The van der Waals surface area contributed by atoms with Gasteiger partial charge >= 0.3 is 5.97 Å². The summed E-state index contributed by atoms with van der Waals surface area (Å²) in [6.45, 7) is 13.6. The first kappa shape index (κ1) is 48.9. The minimum atomic E-state index is 0.0449. The summed E-state index contributed by atoms with van der Waals surface area (Å²) in [5.41, 5.74) is 0. The average Bonchev–Trinajstić information content (AvgIpc) is 3.11. The van der Waals surface area contributed by atoms with Crippen molar-refractivity contribution in [3.63, 3.8) is 0 Å². The lowest BCUT2D eigenvalue weighted by atomic mass is 10.0. The van der Waals surface area contributed by atoms with Crippen LogP contribution in [0, 0.1) is 0 Å². The van der Waals surface area contributed by atoms with Crippen molar-refractivity contribution in [3.05, 3.63) is 0 Å². The van der Waals surface area contributed by atoms with Crippen LogP contribution in [0.5, 0.6) is 0 Å². The van der Waals surface area contributed by atoms with Gasteiger partial charge in [-0.05, 0) is 83.8 Å². The van der Waals surface area contributed by atoms with Crippen molar-refractivity contribution in [1.29, 1.82) is 0 Å². The zero-order valence-electron chi connectivity index (χ0n) is 34.9. The molecule has 5 heteroatoms. The Bertz CT molecular complexity index is 698. The number of nitrogens with zero attached hydrogens (tertiary/aromatic N) is 2. The molecule has 298 valence electrons. The molecule has 0 radical (unpaired) electrons. The number of amides is 1. The third-order valence-corrected chi connectivity index (χ3v) is 10.6. The first-order valence-electron chi connectivity index (χ1n) is 22.6. The van der Waals surface area contributed by atoms with Crippen LogP contribution >= 0.6 is 0 Å². The van der Waals surface area contributed by atoms with Crippen molar-refractivity contribution in [1.82, 2.24) is 9.80 Å². The van der Waals surface area contributed by atoms with Crippen molar-refractivity contribution >= 4 is 11.9 Å². The van der Waals surface area contributed by atoms with E-state index in [0.29, 0.717) is 18.7 Å². The van der Waals surface area contributed by atoms with E-state index in [9.17, 15) is 9.59 Å². The Morgan fingerprint density at radius 3 is 1.26 bits per heavy atom. The predicted octanol–water partition coefficient (Wildman–Crippen LogP) is 13.6. The molecule has 50 heavy (non-hydrogen) atoms. The van der Waals surface area contributed by atoms with Crippen molar-refractivity contribution in [2.24, 2.45) is 0 Å². The molecule has 0 bridgehead atoms. The predicted molar refractivity (Wildman–Crippen MR) is 219 cm³/mol. The number of unbranched alkanes of at least 4 members (excludes halogenated alkanes) is 23. The highest BCUT2D eigenvalue weighted by molar-refractivity contribution is 5.75. The van der Waals surface area contributed by atoms with Gasteiger partial charge in [0.2, 0.25) is 5.91 Å². The van der Waals surface area contributed by atoms with Crippen LogP contribution in [-0.4, -0.2) is 61.0 Å². The maximum atomic E-state index is 12.7. The largest absolute Gasteiger partial charge is 0.462 e. The molecule has 0 unspecified atom stereocenters. The second-order valence-electron chi connectivity index (χ2n) is 15.7. The molecule has 0 aromatic heterocycles. The number of hydrogen-bond acceptors (Lipinski definition) is 4. The van der Waals surface area contributed by atoms with Gasteiger partial charge in [0.05, 0.1) is 0 Å². The highest BCUT2D eigenvalue weighted by Crippen LogP contribution is 2.18. The molecule has 0 aromatic rings. The number of esters is 1. The zero-order valence-corrected chi connectivity index (χ0v) is 34.9. The summed E-state index contributed by atoms with van der Waals surface area (Å²) in [5.74, 6) is 0.377. The topological polar surface area (TPSA) is 49.9 Å². The maximum absolute atomic E-state index is 12.7. The molecule has 0 spiro atoms. The number of ether oxygens (including phenoxy) is 1.